The molecular formula is C13H21BrN4O. The first kappa shape index (κ1) is 14.5. The maximum absolute atomic E-state index is 11.7. The zero-order valence-electron chi connectivity index (χ0n) is 11.3. The molecule has 0 aliphatic carbocycles. The number of halogens is 1. The molecule has 2 N–H and O–H groups in total. The van der Waals surface area contributed by atoms with Gasteiger partial charge in [-0.2, -0.15) is 0 Å². The second kappa shape index (κ2) is 7.05. The third kappa shape index (κ3) is 3.57. The van der Waals surface area contributed by atoms with E-state index >= 15 is 0 Å². The van der Waals surface area contributed by atoms with Gasteiger partial charge in [0.1, 0.15) is 4.47 Å². The van der Waals surface area contributed by atoms with Crippen LogP contribution in [0.3, 0.4) is 0 Å². The summed E-state index contributed by atoms with van der Waals surface area (Å²) in [5.41, 5.74) is -0.115. The number of H-pyrrole nitrogens is 1. The van der Waals surface area contributed by atoms with Crippen molar-refractivity contribution in [1.29, 1.82) is 0 Å². The Hall–Kier alpha value is -0.880. The van der Waals surface area contributed by atoms with Crippen LogP contribution in [0, 0.1) is 0 Å². The topological polar surface area (TPSA) is 61.0 Å². The summed E-state index contributed by atoms with van der Waals surface area (Å²) in [5, 5.41) is 3.47. The van der Waals surface area contributed by atoms with E-state index in [0.717, 1.165) is 44.7 Å². The molecule has 1 fully saturated rings. The van der Waals surface area contributed by atoms with Gasteiger partial charge in [0.05, 0.1) is 6.33 Å². The van der Waals surface area contributed by atoms with Crippen LogP contribution in [0.15, 0.2) is 15.6 Å². The van der Waals surface area contributed by atoms with Crippen LogP contribution in [0.4, 0.5) is 5.82 Å². The maximum Gasteiger partial charge on any atom is 0.267 e. The zero-order valence-corrected chi connectivity index (χ0v) is 12.9. The van der Waals surface area contributed by atoms with Gasteiger partial charge in [-0.15, -0.1) is 0 Å². The number of hydrogen-bond donors (Lipinski definition) is 2. The van der Waals surface area contributed by atoms with E-state index in [-0.39, 0.29) is 5.56 Å². The minimum atomic E-state index is -0.115. The fourth-order valence-corrected chi connectivity index (χ4v) is 2.96. The average Bonchev–Trinajstić information content (AvgIpc) is 2.43. The number of anilines is 1. The SMILES string of the molecule is CCCNCC1CCCCN1c1nc[nH]c(=O)c1Br. The molecule has 1 aliphatic rings. The van der Waals surface area contributed by atoms with Crippen molar-refractivity contribution in [3.8, 4) is 0 Å². The molecule has 19 heavy (non-hydrogen) atoms. The van der Waals surface area contributed by atoms with Gasteiger partial charge >= 0.3 is 0 Å². The van der Waals surface area contributed by atoms with E-state index in [9.17, 15) is 4.79 Å². The van der Waals surface area contributed by atoms with Crippen LogP contribution in [0.25, 0.3) is 0 Å². The summed E-state index contributed by atoms with van der Waals surface area (Å²) < 4.78 is 0.539. The van der Waals surface area contributed by atoms with Crippen LogP contribution < -0.4 is 15.8 Å². The minimum absolute atomic E-state index is 0.115. The molecule has 0 amide bonds. The highest BCUT2D eigenvalue weighted by molar-refractivity contribution is 9.10. The summed E-state index contributed by atoms with van der Waals surface area (Å²) in [4.78, 5) is 20.8. The molecule has 0 bridgehead atoms. The predicted octanol–water partition coefficient (Wildman–Crippen LogP) is 1.89. The Morgan fingerprint density at radius 2 is 2.42 bits per heavy atom. The molecule has 1 saturated heterocycles. The van der Waals surface area contributed by atoms with E-state index in [0.29, 0.717) is 10.5 Å². The van der Waals surface area contributed by atoms with E-state index in [1.807, 2.05) is 0 Å². The number of aromatic nitrogens is 2. The maximum atomic E-state index is 11.7. The largest absolute Gasteiger partial charge is 0.351 e. The fraction of sp³-hybridized carbons (Fsp3) is 0.692. The van der Waals surface area contributed by atoms with E-state index in [4.69, 9.17) is 0 Å². The van der Waals surface area contributed by atoms with Gasteiger partial charge in [-0.05, 0) is 48.2 Å². The average molecular weight is 329 g/mol. The molecule has 6 heteroatoms. The molecule has 1 aromatic heterocycles. The number of nitrogens with zero attached hydrogens (tertiary/aromatic N) is 2. The molecule has 1 aromatic rings. The molecule has 106 valence electrons. The Morgan fingerprint density at radius 1 is 1.58 bits per heavy atom. The lowest BCUT2D eigenvalue weighted by Crippen LogP contribution is -2.46. The van der Waals surface area contributed by atoms with E-state index in [2.05, 4.69) is 43.0 Å². The molecule has 1 unspecified atom stereocenters. The summed E-state index contributed by atoms with van der Waals surface area (Å²) in [6, 6.07) is 0.422. The molecule has 1 aliphatic heterocycles. The summed E-state index contributed by atoms with van der Waals surface area (Å²) in [6.45, 7) is 5.12. The van der Waals surface area contributed by atoms with Crippen molar-refractivity contribution in [3.63, 3.8) is 0 Å². The highest BCUT2D eigenvalue weighted by atomic mass is 79.9. The normalized spacial score (nSPS) is 19.7. The van der Waals surface area contributed by atoms with Crippen molar-refractivity contribution in [3.05, 3.63) is 21.2 Å². The lowest BCUT2D eigenvalue weighted by atomic mass is 10.0. The molecule has 2 heterocycles. The lowest BCUT2D eigenvalue weighted by Gasteiger charge is -2.37. The molecule has 2 rings (SSSR count). The zero-order chi connectivity index (χ0) is 13.7. The summed E-state index contributed by atoms with van der Waals surface area (Å²) in [6.07, 6.45) is 6.17. The monoisotopic (exact) mass is 328 g/mol. The first-order chi connectivity index (χ1) is 9.24. The van der Waals surface area contributed by atoms with Crippen molar-refractivity contribution >= 4 is 21.7 Å². The Bertz CT molecular complexity index is 462. The van der Waals surface area contributed by atoms with Gasteiger partial charge in [-0.3, -0.25) is 4.79 Å². The first-order valence-corrected chi connectivity index (χ1v) is 7.74. The Kier molecular flexibility index (Phi) is 5.39. The van der Waals surface area contributed by atoms with Crippen molar-refractivity contribution in [2.24, 2.45) is 0 Å². The second-order valence-electron chi connectivity index (χ2n) is 4.92. The Balaban J connectivity index is 2.14. The quantitative estimate of drug-likeness (QED) is 0.810. The van der Waals surface area contributed by atoms with Crippen molar-refractivity contribution in [1.82, 2.24) is 15.3 Å². The highest BCUT2D eigenvalue weighted by Crippen LogP contribution is 2.26. The standard InChI is InChI=1S/C13H21BrN4O/c1-2-6-15-8-10-5-3-4-7-18(10)12-11(14)13(19)17-9-16-12/h9-10,15H,2-8H2,1H3,(H,16,17,19). The first-order valence-electron chi connectivity index (χ1n) is 6.94. The number of piperidine rings is 1. The van der Waals surface area contributed by atoms with Crippen LogP contribution in [0.5, 0.6) is 0 Å². The van der Waals surface area contributed by atoms with Gasteiger partial charge in [-0.1, -0.05) is 6.92 Å². The van der Waals surface area contributed by atoms with Gasteiger partial charge in [0.2, 0.25) is 0 Å². The lowest BCUT2D eigenvalue weighted by molar-refractivity contribution is 0.432. The molecule has 5 nitrogen and oxygen atoms in total. The molecular weight excluding hydrogens is 308 g/mol. The number of rotatable bonds is 5. The molecule has 0 radical (unpaired) electrons. The van der Waals surface area contributed by atoms with Gasteiger partial charge in [0.25, 0.3) is 5.56 Å². The van der Waals surface area contributed by atoms with E-state index < -0.39 is 0 Å². The predicted molar refractivity (Wildman–Crippen MR) is 80.7 cm³/mol. The van der Waals surface area contributed by atoms with Gasteiger partial charge in [0, 0.05) is 19.1 Å². The molecule has 0 saturated carbocycles. The van der Waals surface area contributed by atoms with E-state index in [1.54, 1.807) is 0 Å². The summed E-state index contributed by atoms with van der Waals surface area (Å²) in [7, 11) is 0. The number of hydrogen-bond acceptors (Lipinski definition) is 4. The third-order valence-electron chi connectivity index (χ3n) is 3.48. The van der Waals surface area contributed by atoms with Crippen molar-refractivity contribution < 1.29 is 0 Å². The van der Waals surface area contributed by atoms with Crippen LogP contribution in [-0.2, 0) is 0 Å². The number of aromatic amines is 1. The van der Waals surface area contributed by atoms with Crippen LogP contribution in [0.2, 0.25) is 0 Å². The third-order valence-corrected chi connectivity index (χ3v) is 4.20. The highest BCUT2D eigenvalue weighted by Gasteiger charge is 2.25. The Labute approximate surface area is 121 Å². The molecule has 0 aromatic carbocycles. The summed E-state index contributed by atoms with van der Waals surface area (Å²) in [5.74, 6) is 0.770. The molecule has 0 spiro atoms. The van der Waals surface area contributed by atoms with Gasteiger partial charge < -0.3 is 15.2 Å². The minimum Gasteiger partial charge on any atom is -0.351 e. The van der Waals surface area contributed by atoms with Crippen LogP contribution in [0.1, 0.15) is 32.6 Å². The van der Waals surface area contributed by atoms with Crippen LogP contribution >= 0.6 is 15.9 Å². The number of nitrogens with one attached hydrogen (secondary N) is 2. The van der Waals surface area contributed by atoms with Crippen LogP contribution in [-0.4, -0.2) is 35.6 Å². The van der Waals surface area contributed by atoms with Gasteiger partial charge in [-0.25, -0.2) is 4.98 Å². The van der Waals surface area contributed by atoms with Crippen molar-refractivity contribution in [2.75, 3.05) is 24.5 Å². The van der Waals surface area contributed by atoms with Gasteiger partial charge in [0.15, 0.2) is 5.82 Å². The summed E-state index contributed by atoms with van der Waals surface area (Å²) >= 11 is 3.36. The smallest absolute Gasteiger partial charge is 0.267 e. The molecule has 1 atom stereocenters. The Morgan fingerprint density at radius 3 is 3.21 bits per heavy atom. The fourth-order valence-electron chi connectivity index (χ4n) is 2.51. The van der Waals surface area contributed by atoms with Crippen molar-refractivity contribution in [2.45, 2.75) is 38.6 Å². The van der Waals surface area contributed by atoms with E-state index in [1.165, 1.54) is 12.7 Å². The second-order valence-corrected chi connectivity index (χ2v) is 5.71.